The van der Waals surface area contributed by atoms with Crippen molar-refractivity contribution in [3.05, 3.63) is 33.8 Å². The molecule has 2 N–H and O–H groups in total. The van der Waals surface area contributed by atoms with E-state index < -0.39 is 0 Å². The lowest BCUT2D eigenvalue weighted by atomic mass is 10.1. The number of aliphatic hydroxyl groups is 1. The van der Waals surface area contributed by atoms with Crippen LogP contribution in [-0.2, 0) is 6.54 Å². The van der Waals surface area contributed by atoms with Gasteiger partial charge in [0.15, 0.2) is 0 Å². The van der Waals surface area contributed by atoms with Crippen molar-refractivity contribution in [2.45, 2.75) is 13.5 Å². The molecule has 0 radical (unpaired) electrons. The third-order valence-corrected chi connectivity index (χ3v) is 2.84. The number of rotatable bonds is 4. The summed E-state index contributed by atoms with van der Waals surface area (Å²) in [7, 11) is 0. The second-order valence-electron chi connectivity index (χ2n) is 2.92. The van der Waals surface area contributed by atoms with Crippen molar-refractivity contribution in [2.75, 3.05) is 13.2 Å². The van der Waals surface area contributed by atoms with Crippen LogP contribution in [0.1, 0.15) is 11.1 Å². The summed E-state index contributed by atoms with van der Waals surface area (Å²) < 4.78 is 1.13. The van der Waals surface area contributed by atoms with E-state index in [1.807, 2.05) is 12.1 Å². The first-order valence-electron chi connectivity index (χ1n) is 4.31. The zero-order chi connectivity index (χ0) is 9.68. The highest BCUT2D eigenvalue weighted by Gasteiger charge is 1.99. The molecule has 0 heterocycles. The van der Waals surface area contributed by atoms with Crippen molar-refractivity contribution < 1.29 is 5.11 Å². The highest BCUT2D eigenvalue weighted by Crippen LogP contribution is 2.18. The smallest absolute Gasteiger partial charge is 0.0556 e. The second-order valence-corrected chi connectivity index (χ2v) is 3.78. The first-order valence-corrected chi connectivity index (χ1v) is 5.10. The first-order chi connectivity index (χ1) is 6.25. The summed E-state index contributed by atoms with van der Waals surface area (Å²) in [6, 6.07) is 6.14. The van der Waals surface area contributed by atoms with Crippen molar-refractivity contribution in [3.8, 4) is 0 Å². The molecule has 0 aliphatic heterocycles. The SMILES string of the molecule is Cc1c(Br)cccc1CNCCO. The van der Waals surface area contributed by atoms with Gasteiger partial charge in [-0.2, -0.15) is 0 Å². The molecule has 0 unspecified atom stereocenters. The molecule has 72 valence electrons. The van der Waals surface area contributed by atoms with Crippen LogP contribution in [-0.4, -0.2) is 18.3 Å². The van der Waals surface area contributed by atoms with E-state index in [9.17, 15) is 0 Å². The maximum Gasteiger partial charge on any atom is 0.0556 e. The lowest BCUT2D eigenvalue weighted by molar-refractivity contribution is 0.292. The average molecular weight is 244 g/mol. The summed E-state index contributed by atoms with van der Waals surface area (Å²) in [6.07, 6.45) is 0. The Bertz CT molecular complexity index is 276. The quantitative estimate of drug-likeness (QED) is 0.792. The van der Waals surface area contributed by atoms with Gasteiger partial charge in [0.05, 0.1) is 6.61 Å². The van der Waals surface area contributed by atoms with Crippen LogP contribution in [0.25, 0.3) is 0 Å². The van der Waals surface area contributed by atoms with Gasteiger partial charge < -0.3 is 10.4 Å². The Morgan fingerprint density at radius 3 is 2.92 bits per heavy atom. The largest absolute Gasteiger partial charge is 0.395 e. The Morgan fingerprint density at radius 2 is 2.23 bits per heavy atom. The van der Waals surface area contributed by atoms with Crippen molar-refractivity contribution in [2.24, 2.45) is 0 Å². The third kappa shape index (κ3) is 3.10. The molecule has 1 aromatic rings. The Labute approximate surface area is 87.1 Å². The zero-order valence-electron chi connectivity index (χ0n) is 7.68. The van der Waals surface area contributed by atoms with Crippen LogP contribution in [0.15, 0.2) is 22.7 Å². The highest BCUT2D eigenvalue weighted by atomic mass is 79.9. The van der Waals surface area contributed by atoms with Gasteiger partial charge in [-0.25, -0.2) is 0 Å². The molecule has 0 aromatic heterocycles. The predicted molar refractivity (Wildman–Crippen MR) is 57.7 cm³/mol. The van der Waals surface area contributed by atoms with Gasteiger partial charge in [-0.05, 0) is 24.1 Å². The average Bonchev–Trinajstić information content (AvgIpc) is 2.13. The monoisotopic (exact) mass is 243 g/mol. The van der Waals surface area contributed by atoms with Crippen LogP contribution >= 0.6 is 15.9 Å². The van der Waals surface area contributed by atoms with Gasteiger partial charge in [-0.1, -0.05) is 28.1 Å². The van der Waals surface area contributed by atoms with Crippen LogP contribution < -0.4 is 5.32 Å². The lowest BCUT2D eigenvalue weighted by Gasteiger charge is -2.07. The number of aliphatic hydroxyl groups excluding tert-OH is 1. The van der Waals surface area contributed by atoms with E-state index >= 15 is 0 Å². The van der Waals surface area contributed by atoms with E-state index in [0.717, 1.165) is 11.0 Å². The molecule has 2 nitrogen and oxygen atoms in total. The van der Waals surface area contributed by atoms with Gasteiger partial charge in [0.1, 0.15) is 0 Å². The molecular formula is C10H14BrNO. The molecule has 0 bridgehead atoms. The van der Waals surface area contributed by atoms with Crippen molar-refractivity contribution in [1.82, 2.24) is 5.32 Å². The predicted octanol–water partition coefficient (Wildman–Crippen LogP) is 1.84. The van der Waals surface area contributed by atoms with E-state index in [0.29, 0.717) is 6.54 Å². The molecule has 0 fully saturated rings. The Hall–Kier alpha value is -0.380. The van der Waals surface area contributed by atoms with E-state index in [2.05, 4.69) is 34.2 Å². The topological polar surface area (TPSA) is 32.3 Å². The lowest BCUT2D eigenvalue weighted by Crippen LogP contribution is -2.18. The standard InChI is InChI=1S/C10H14BrNO/c1-8-9(7-12-5-6-13)3-2-4-10(8)11/h2-4,12-13H,5-7H2,1H3. The van der Waals surface area contributed by atoms with E-state index in [1.54, 1.807) is 0 Å². The maximum atomic E-state index is 8.60. The third-order valence-electron chi connectivity index (χ3n) is 1.98. The fourth-order valence-electron chi connectivity index (χ4n) is 1.15. The van der Waals surface area contributed by atoms with Crippen LogP contribution in [0, 0.1) is 6.92 Å². The van der Waals surface area contributed by atoms with Crippen LogP contribution in [0.2, 0.25) is 0 Å². The summed E-state index contributed by atoms with van der Waals surface area (Å²) >= 11 is 3.48. The van der Waals surface area contributed by atoms with Gasteiger partial charge in [-0.15, -0.1) is 0 Å². The first kappa shape index (κ1) is 10.7. The number of hydrogen-bond acceptors (Lipinski definition) is 2. The van der Waals surface area contributed by atoms with Gasteiger partial charge in [0, 0.05) is 17.6 Å². The zero-order valence-corrected chi connectivity index (χ0v) is 9.26. The minimum absolute atomic E-state index is 0.188. The maximum absolute atomic E-state index is 8.60. The molecule has 0 aliphatic carbocycles. The minimum Gasteiger partial charge on any atom is -0.395 e. The van der Waals surface area contributed by atoms with Crippen molar-refractivity contribution in [1.29, 1.82) is 0 Å². The summed E-state index contributed by atoms with van der Waals surface area (Å²) in [6.45, 7) is 3.73. The molecule has 0 aliphatic rings. The van der Waals surface area contributed by atoms with Gasteiger partial charge in [-0.3, -0.25) is 0 Å². The Kier molecular flexibility index (Phi) is 4.42. The molecule has 0 atom stereocenters. The fraction of sp³-hybridized carbons (Fsp3) is 0.400. The number of benzene rings is 1. The van der Waals surface area contributed by atoms with Crippen molar-refractivity contribution in [3.63, 3.8) is 0 Å². The van der Waals surface area contributed by atoms with E-state index in [4.69, 9.17) is 5.11 Å². The van der Waals surface area contributed by atoms with Gasteiger partial charge in [0.25, 0.3) is 0 Å². The van der Waals surface area contributed by atoms with Gasteiger partial charge in [0.2, 0.25) is 0 Å². The van der Waals surface area contributed by atoms with Crippen molar-refractivity contribution >= 4 is 15.9 Å². The number of halogens is 1. The minimum atomic E-state index is 0.188. The molecule has 0 saturated carbocycles. The summed E-state index contributed by atoms with van der Waals surface area (Å²) in [5.74, 6) is 0. The molecule has 1 rings (SSSR count). The van der Waals surface area contributed by atoms with Gasteiger partial charge >= 0.3 is 0 Å². The van der Waals surface area contributed by atoms with E-state index in [1.165, 1.54) is 11.1 Å². The molecule has 0 amide bonds. The van der Waals surface area contributed by atoms with Crippen LogP contribution in [0.5, 0.6) is 0 Å². The molecule has 1 aromatic carbocycles. The number of hydrogen-bond donors (Lipinski definition) is 2. The molecule has 3 heteroatoms. The Balaban J connectivity index is 2.61. The van der Waals surface area contributed by atoms with Crippen LogP contribution in [0.4, 0.5) is 0 Å². The summed E-state index contributed by atoms with van der Waals surface area (Å²) in [5.41, 5.74) is 2.52. The molecule has 0 saturated heterocycles. The molecular weight excluding hydrogens is 230 g/mol. The highest BCUT2D eigenvalue weighted by molar-refractivity contribution is 9.10. The molecule has 13 heavy (non-hydrogen) atoms. The Morgan fingerprint density at radius 1 is 1.46 bits per heavy atom. The normalized spacial score (nSPS) is 10.4. The van der Waals surface area contributed by atoms with Crippen LogP contribution in [0.3, 0.4) is 0 Å². The fourth-order valence-corrected chi connectivity index (χ4v) is 1.55. The van der Waals surface area contributed by atoms with E-state index in [-0.39, 0.29) is 6.61 Å². The molecule has 0 spiro atoms. The summed E-state index contributed by atoms with van der Waals surface area (Å²) in [4.78, 5) is 0. The number of nitrogens with one attached hydrogen (secondary N) is 1. The summed E-state index contributed by atoms with van der Waals surface area (Å²) in [5, 5.41) is 11.7. The second kappa shape index (κ2) is 5.37.